The van der Waals surface area contributed by atoms with E-state index in [1.54, 1.807) is 6.20 Å². The van der Waals surface area contributed by atoms with E-state index in [4.69, 9.17) is 0 Å². The number of benzene rings is 1. The molecule has 0 spiro atoms. The first-order valence-electron chi connectivity index (χ1n) is 5.99. The van der Waals surface area contributed by atoms with E-state index in [-0.39, 0.29) is 5.91 Å². The zero-order chi connectivity index (χ0) is 11.7. The second kappa shape index (κ2) is 4.17. The topological polar surface area (TPSA) is 33.2 Å². The fourth-order valence-electron chi connectivity index (χ4n) is 2.31. The minimum Gasteiger partial charge on any atom is -0.339 e. The Morgan fingerprint density at radius 2 is 2.00 bits per heavy atom. The van der Waals surface area contributed by atoms with Crippen LogP contribution in [0.15, 0.2) is 36.5 Å². The highest BCUT2D eigenvalue weighted by molar-refractivity contribution is 5.98. The van der Waals surface area contributed by atoms with Crippen molar-refractivity contribution in [2.24, 2.45) is 0 Å². The van der Waals surface area contributed by atoms with Crippen molar-refractivity contribution in [2.45, 2.75) is 12.8 Å². The van der Waals surface area contributed by atoms with Crippen molar-refractivity contribution in [2.75, 3.05) is 13.1 Å². The smallest absolute Gasteiger partial charge is 0.253 e. The molecule has 3 heteroatoms. The highest BCUT2D eigenvalue weighted by atomic mass is 16.2. The Balaban J connectivity index is 1.97. The second-order valence-corrected chi connectivity index (χ2v) is 4.41. The molecule has 1 aliphatic rings. The number of fused-ring (bicyclic) bond motifs is 1. The summed E-state index contributed by atoms with van der Waals surface area (Å²) in [5.74, 6) is 0.147. The summed E-state index contributed by atoms with van der Waals surface area (Å²) in [6, 6.07) is 9.60. The van der Waals surface area contributed by atoms with Crippen LogP contribution >= 0.6 is 0 Å². The Hall–Kier alpha value is -1.90. The number of carbonyl (C=O) groups is 1. The molecule has 0 bridgehead atoms. The minimum atomic E-state index is 0.147. The van der Waals surface area contributed by atoms with Gasteiger partial charge in [-0.15, -0.1) is 0 Å². The van der Waals surface area contributed by atoms with Crippen LogP contribution in [0, 0.1) is 0 Å². The van der Waals surface area contributed by atoms with Crippen LogP contribution in [0.2, 0.25) is 0 Å². The van der Waals surface area contributed by atoms with Crippen molar-refractivity contribution in [1.29, 1.82) is 0 Å². The van der Waals surface area contributed by atoms with Crippen LogP contribution in [0.3, 0.4) is 0 Å². The van der Waals surface area contributed by atoms with Gasteiger partial charge in [-0.05, 0) is 37.1 Å². The lowest BCUT2D eigenvalue weighted by Gasteiger charge is -2.15. The third kappa shape index (κ3) is 1.88. The van der Waals surface area contributed by atoms with Crippen LogP contribution in [0.4, 0.5) is 0 Å². The maximum Gasteiger partial charge on any atom is 0.253 e. The van der Waals surface area contributed by atoms with Gasteiger partial charge in [0.05, 0.1) is 5.52 Å². The zero-order valence-corrected chi connectivity index (χ0v) is 9.60. The molecule has 0 atom stereocenters. The Bertz CT molecular complexity index is 559. The van der Waals surface area contributed by atoms with E-state index in [9.17, 15) is 4.79 Å². The molecule has 2 aromatic rings. The fourth-order valence-corrected chi connectivity index (χ4v) is 2.31. The monoisotopic (exact) mass is 226 g/mol. The van der Waals surface area contributed by atoms with Gasteiger partial charge in [0.15, 0.2) is 0 Å². The van der Waals surface area contributed by atoms with Crippen LogP contribution in [-0.4, -0.2) is 28.9 Å². The molecule has 1 amide bonds. The largest absolute Gasteiger partial charge is 0.339 e. The van der Waals surface area contributed by atoms with Gasteiger partial charge in [0.25, 0.3) is 5.91 Å². The number of likely N-dealkylation sites (tertiary alicyclic amines) is 1. The number of carbonyl (C=O) groups excluding carboxylic acids is 1. The first-order chi connectivity index (χ1) is 8.34. The van der Waals surface area contributed by atoms with Crippen molar-refractivity contribution in [3.05, 3.63) is 42.1 Å². The number of nitrogens with zero attached hydrogens (tertiary/aromatic N) is 2. The van der Waals surface area contributed by atoms with E-state index in [0.717, 1.165) is 42.4 Å². The number of amides is 1. The van der Waals surface area contributed by atoms with Crippen LogP contribution in [-0.2, 0) is 0 Å². The second-order valence-electron chi connectivity index (χ2n) is 4.41. The number of pyridine rings is 1. The molecule has 86 valence electrons. The molecular weight excluding hydrogens is 212 g/mol. The molecule has 17 heavy (non-hydrogen) atoms. The van der Waals surface area contributed by atoms with E-state index in [1.165, 1.54) is 0 Å². The molecular formula is C14H14N2O. The Labute approximate surface area is 100 Å². The molecule has 0 radical (unpaired) electrons. The van der Waals surface area contributed by atoms with Gasteiger partial charge in [0.1, 0.15) is 0 Å². The van der Waals surface area contributed by atoms with Crippen molar-refractivity contribution < 1.29 is 4.79 Å². The Morgan fingerprint density at radius 1 is 1.18 bits per heavy atom. The normalized spacial score (nSPS) is 15.4. The lowest BCUT2D eigenvalue weighted by atomic mass is 10.1. The van der Waals surface area contributed by atoms with Gasteiger partial charge in [0.2, 0.25) is 0 Å². The van der Waals surface area contributed by atoms with Crippen molar-refractivity contribution in [3.63, 3.8) is 0 Å². The van der Waals surface area contributed by atoms with Crippen molar-refractivity contribution >= 4 is 16.8 Å². The average Bonchev–Trinajstić information content (AvgIpc) is 2.91. The maximum absolute atomic E-state index is 12.2. The molecule has 1 saturated heterocycles. The lowest BCUT2D eigenvalue weighted by molar-refractivity contribution is 0.0793. The summed E-state index contributed by atoms with van der Waals surface area (Å²) in [4.78, 5) is 18.4. The molecule has 1 fully saturated rings. The van der Waals surface area contributed by atoms with Crippen LogP contribution < -0.4 is 0 Å². The zero-order valence-electron chi connectivity index (χ0n) is 9.60. The standard InChI is InChI=1S/C14H14N2O/c17-14(16-8-1-2-9-16)12-5-6-13-11(10-12)4-3-7-15-13/h3-7,10H,1-2,8-9H2. The molecule has 2 heterocycles. The highest BCUT2D eigenvalue weighted by Gasteiger charge is 2.19. The molecule has 0 saturated carbocycles. The molecule has 1 aromatic carbocycles. The molecule has 0 aliphatic carbocycles. The molecule has 0 unspecified atom stereocenters. The Kier molecular flexibility index (Phi) is 2.52. The molecule has 3 rings (SSSR count). The third-order valence-electron chi connectivity index (χ3n) is 3.24. The van der Waals surface area contributed by atoms with E-state index in [2.05, 4.69) is 4.98 Å². The summed E-state index contributed by atoms with van der Waals surface area (Å²) < 4.78 is 0. The first-order valence-corrected chi connectivity index (χ1v) is 5.99. The SMILES string of the molecule is O=C(c1ccc2ncccc2c1)N1CCCC1. The van der Waals surface area contributed by atoms with Gasteiger partial charge in [-0.1, -0.05) is 6.07 Å². The predicted molar refractivity (Wildman–Crippen MR) is 66.9 cm³/mol. The summed E-state index contributed by atoms with van der Waals surface area (Å²) in [5, 5.41) is 1.03. The van der Waals surface area contributed by atoms with Gasteiger partial charge in [0, 0.05) is 30.2 Å². The summed E-state index contributed by atoms with van der Waals surface area (Å²) in [6.07, 6.45) is 4.02. The van der Waals surface area contributed by atoms with Crippen LogP contribution in [0.1, 0.15) is 23.2 Å². The number of aromatic nitrogens is 1. The van der Waals surface area contributed by atoms with E-state index < -0.39 is 0 Å². The lowest BCUT2D eigenvalue weighted by Crippen LogP contribution is -2.27. The summed E-state index contributed by atoms with van der Waals surface area (Å²) in [6.45, 7) is 1.79. The predicted octanol–water partition coefficient (Wildman–Crippen LogP) is 2.47. The van der Waals surface area contributed by atoms with Gasteiger partial charge in [-0.3, -0.25) is 9.78 Å². The average molecular weight is 226 g/mol. The number of hydrogen-bond acceptors (Lipinski definition) is 2. The summed E-state index contributed by atoms with van der Waals surface area (Å²) in [7, 11) is 0. The fraction of sp³-hybridized carbons (Fsp3) is 0.286. The maximum atomic E-state index is 12.2. The van der Waals surface area contributed by atoms with E-state index in [0.29, 0.717) is 0 Å². The van der Waals surface area contributed by atoms with Crippen molar-refractivity contribution in [1.82, 2.24) is 9.88 Å². The molecule has 1 aliphatic heterocycles. The number of rotatable bonds is 1. The molecule has 0 N–H and O–H groups in total. The van der Waals surface area contributed by atoms with Crippen molar-refractivity contribution in [3.8, 4) is 0 Å². The first kappa shape index (κ1) is 10.3. The third-order valence-corrected chi connectivity index (χ3v) is 3.24. The van der Waals surface area contributed by atoms with Gasteiger partial charge < -0.3 is 4.90 Å². The van der Waals surface area contributed by atoms with Gasteiger partial charge in [-0.2, -0.15) is 0 Å². The van der Waals surface area contributed by atoms with Crippen LogP contribution in [0.25, 0.3) is 10.9 Å². The van der Waals surface area contributed by atoms with E-state index in [1.807, 2.05) is 35.2 Å². The van der Waals surface area contributed by atoms with E-state index >= 15 is 0 Å². The van der Waals surface area contributed by atoms with Crippen LogP contribution in [0.5, 0.6) is 0 Å². The highest BCUT2D eigenvalue weighted by Crippen LogP contribution is 2.17. The number of hydrogen-bond donors (Lipinski definition) is 0. The van der Waals surface area contributed by atoms with Gasteiger partial charge in [-0.25, -0.2) is 0 Å². The minimum absolute atomic E-state index is 0.147. The Morgan fingerprint density at radius 3 is 2.82 bits per heavy atom. The molecule has 1 aromatic heterocycles. The van der Waals surface area contributed by atoms with Gasteiger partial charge >= 0.3 is 0 Å². The molecule has 3 nitrogen and oxygen atoms in total. The summed E-state index contributed by atoms with van der Waals surface area (Å²) >= 11 is 0. The summed E-state index contributed by atoms with van der Waals surface area (Å²) in [5.41, 5.74) is 1.71. The quantitative estimate of drug-likeness (QED) is 0.748.